The number of benzene rings is 3. The molecule has 5 nitrogen and oxygen atoms in total. The number of halogens is 2. The number of ether oxygens (including phenoxy) is 1. The number of carbonyl (C=O) groups excluding carboxylic acids is 2. The number of amides is 2. The maximum atomic E-state index is 12.4. The molecule has 138 valence electrons. The van der Waals surface area contributed by atoms with Crippen LogP contribution in [0.25, 0.3) is 10.8 Å². The number of hydrogen-bond donors (Lipinski definition) is 2. The van der Waals surface area contributed by atoms with Gasteiger partial charge >= 0.3 is 0 Å². The van der Waals surface area contributed by atoms with E-state index in [1.807, 2.05) is 30.3 Å². The molecular formula is C20H16BrClN2O3. The monoisotopic (exact) mass is 446 g/mol. The van der Waals surface area contributed by atoms with E-state index in [0.29, 0.717) is 16.3 Å². The summed E-state index contributed by atoms with van der Waals surface area (Å²) < 4.78 is 6.35. The Morgan fingerprint density at radius 2 is 1.89 bits per heavy atom. The highest BCUT2D eigenvalue weighted by atomic mass is 79.9. The molecule has 0 saturated carbocycles. The van der Waals surface area contributed by atoms with Crippen molar-refractivity contribution >= 4 is 50.1 Å². The zero-order chi connectivity index (χ0) is 19.4. The fraction of sp³-hybridized carbons (Fsp3) is 0.100. The van der Waals surface area contributed by atoms with E-state index in [2.05, 4.69) is 26.8 Å². The number of hydrazine groups is 1. The van der Waals surface area contributed by atoms with Gasteiger partial charge in [-0.2, -0.15) is 0 Å². The summed E-state index contributed by atoms with van der Waals surface area (Å²) in [4.78, 5) is 24.5. The van der Waals surface area contributed by atoms with Crippen molar-refractivity contribution in [3.63, 3.8) is 0 Å². The van der Waals surface area contributed by atoms with Crippen molar-refractivity contribution in [2.75, 3.05) is 7.11 Å². The van der Waals surface area contributed by atoms with Gasteiger partial charge in [-0.25, -0.2) is 0 Å². The van der Waals surface area contributed by atoms with Crippen LogP contribution in [0.4, 0.5) is 0 Å². The molecule has 0 aliphatic rings. The number of methoxy groups -OCH3 is 1. The Morgan fingerprint density at radius 1 is 1.07 bits per heavy atom. The molecule has 2 amide bonds. The van der Waals surface area contributed by atoms with E-state index in [-0.39, 0.29) is 12.3 Å². The van der Waals surface area contributed by atoms with Crippen LogP contribution in [-0.2, 0) is 11.2 Å². The van der Waals surface area contributed by atoms with Crippen LogP contribution < -0.4 is 15.6 Å². The van der Waals surface area contributed by atoms with Crippen LogP contribution in [0.2, 0.25) is 5.02 Å². The summed E-state index contributed by atoms with van der Waals surface area (Å²) >= 11 is 9.32. The summed E-state index contributed by atoms with van der Waals surface area (Å²) in [6.45, 7) is 0. The second-order valence-corrected chi connectivity index (χ2v) is 7.15. The zero-order valence-electron chi connectivity index (χ0n) is 14.4. The normalized spacial score (nSPS) is 10.5. The van der Waals surface area contributed by atoms with Crippen LogP contribution in [0.5, 0.6) is 5.75 Å². The molecule has 27 heavy (non-hydrogen) atoms. The number of hydrogen-bond acceptors (Lipinski definition) is 3. The van der Waals surface area contributed by atoms with Crippen molar-refractivity contribution < 1.29 is 14.3 Å². The minimum Gasteiger partial charge on any atom is -0.496 e. The van der Waals surface area contributed by atoms with Gasteiger partial charge in [0.1, 0.15) is 5.75 Å². The Balaban J connectivity index is 1.75. The minimum absolute atomic E-state index is 0.0535. The van der Waals surface area contributed by atoms with Gasteiger partial charge in [0, 0.05) is 20.6 Å². The Kier molecular flexibility index (Phi) is 5.98. The van der Waals surface area contributed by atoms with Gasteiger partial charge in [-0.1, -0.05) is 45.7 Å². The second-order valence-electron chi connectivity index (χ2n) is 5.80. The lowest BCUT2D eigenvalue weighted by atomic mass is 10.0. The number of carbonyl (C=O) groups is 2. The molecule has 3 aromatic carbocycles. The smallest absolute Gasteiger partial charge is 0.269 e. The summed E-state index contributed by atoms with van der Waals surface area (Å²) in [6, 6.07) is 16.0. The zero-order valence-corrected chi connectivity index (χ0v) is 16.7. The van der Waals surface area contributed by atoms with Crippen LogP contribution >= 0.6 is 27.5 Å². The molecule has 0 bridgehead atoms. The van der Waals surface area contributed by atoms with Gasteiger partial charge in [0.15, 0.2) is 0 Å². The van der Waals surface area contributed by atoms with E-state index < -0.39 is 5.91 Å². The summed E-state index contributed by atoms with van der Waals surface area (Å²) in [7, 11) is 1.56. The van der Waals surface area contributed by atoms with E-state index >= 15 is 0 Å². The molecule has 0 radical (unpaired) electrons. The third-order valence-electron chi connectivity index (χ3n) is 4.01. The van der Waals surface area contributed by atoms with Gasteiger partial charge in [0.05, 0.1) is 13.5 Å². The Hall–Kier alpha value is -2.57. The first-order chi connectivity index (χ1) is 13.0. The van der Waals surface area contributed by atoms with E-state index in [9.17, 15) is 9.59 Å². The van der Waals surface area contributed by atoms with Gasteiger partial charge in [0.25, 0.3) is 5.91 Å². The molecule has 7 heteroatoms. The second kappa shape index (κ2) is 8.41. The minimum atomic E-state index is -0.445. The molecule has 0 aliphatic heterocycles. The fourth-order valence-electron chi connectivity index (χ4n) is 2.75. The molecule has 2 N–H and O–H groups in total. The first-order valence-electron chi connectivity index (χ1n) is 8.08. The Morgan fingerprint density at radius 3 is 2.63 bits per heavy atom. The highest BCUT2D eigenvalue weighted by molar-refractivity contribution is 9.10. The molecule has 0 atom stereocenters. The number of rotatable bonds is 4. The van der Waals surface area contributed by atoms with Crippen molar-refractivity contribution in [1.82, 2.24) is 10.9 Å². The number of fused-ring (bicyclic) bond motifs is 1. The van der Waals surface area contributed by atoms with Gasteiger partial charge < -0.3 is 4.74 Å². The van der Waals surface area contributed by atoms with Crippen LogP contribution in [0.15, 0.2) is 59.1 Å². The number of nitrogens with one attached hydrogen (secondary N) is 2. The molecule has 0 aromatic heterocycles. The van der Waals surface area contributed by atoms with Crippen LogP contribution in [0.1, 0.15) is 15.9 Å². The van der Waals surface area contributed by atoms with Crippen LogP contribution in [0.3, 0.4) is 0 Å². The maximum absolute atomic E-state index is 12.4. The molecule has 0 aliphatic carbocycles. The molecule has 0 unspecified atom stereocenters. The average molecular weight is 448 g/mol. The molecule has 0 fully saturated rings. The summed E-state index contributed by atoms with van der Waals surface area (Å²) in [5.41, 5.74) is 5.93. The maximum Gasteiger partial charge on any atom is 0.269 e. The standard InChI is InChI=1S/C20H16BrClN2O3/c1-27-18-8-5-12-9-14(21)6-7-16(12)17(18)11-19(25)23-24-20(26)13-3-2-4-15(22)10-13/h2-10H,11H2,1H3,(H,23,25)(H,24,26). The van der Waals surface area contributed by atoms with Gasteiger partial charge in [-0.05, 0) is 47.2 Å². The molecule has 0 spiro atoms. The first-order valence-corrected chi connectivity index (χ1v) is 9.25. The Labute approximate surface area is 169 Å². The summed E-state index contributed by atoms with van der Waals surface area (Å²) in [5, 5.41) is 2.34. The van der Waals surface area contributed by atoms with Crippen molar-refractivity contribution in [2.24, 2.45) is 0 Å². The quantitative estimate of drug-likeness (QED) is 0.587. The van der Waals surface area contributed by atoms with Crippen molar-refractivity contribution in [3.05, 3.63) is 75.2 Å². The lowest BCUT2D eigenvalue weighted by Crippen LogP contribution is -2.42. The van der Waals surface area contributed by atoms with E-state index in [0.717, 1.165) is 20.8 Å². The fourth-order valence-corrected chi connectivity index (χ4v) is 3.32. The molecule has 3 rings (SSSR count). The van der Waals surface area contributed by atoms with Gasteiger partial charge in [0.2, 0.25) is 5.91 Å². The highest BCUT2D eigenvalue weighted by Crippen LogP contribution is 2.30. The average Bonchev–Trinajstić information content (AvgIpc) is 2.66. The Bertz CT molecular complexity index is 1020. The molecular weight excluding hydrogens is 432 g/mol. The molecule has 0 heterocycles. The SMILES string of the molecule is COc1ccc2cc(Br)ccc2c1CC(=O)NNC(=O)c1cccc(Cl)c1. The highest BCUT2D eigenvalue weighted by Gasteiger charge is 2.14. The van der Waals surface area contributed by atoms with Crippen LogP contribution in [0, 0.1) is 0 Å². The third-order valence-corrected chi connectivity index (χ3v) is 4.74. The largest absolute Gasteiger partial charge is 0.496 e. The van der Waals surface area contributed by atoms with E-state index in [1.165, 1.54) is 6.07 Å². The summed E-state index contributed by atoms with van der Waals surface area (Å²) in [6.07, 6.45) is 0.0535. The van der Waals surface area contributed by atoms with Crippen LogP contribution in [-0.4, -0.2) is 18.9 Å². The van der Waals surface area contributed by atoms with Crippen molar-refractivity contribution in [2.45, 2.75) is 6.42 Å². The van der Waals surface area contributed by atoms with E-state index in [1.54, 1.807) is 25.3 Å². The molecule has 0 saturated heterocycles. The predicted molar refractivity (Wildman–Crippen MR) is 109 cm³/mol. The molecule has 3 aromatic rings. The topological polar surface area (TPSA) is 67.4 Å². The lowest BCUT2D eigenvalue weighted by Gasteiger charge is -2.13. The first kappa shape index (κ1) is 19.2. The van der Waals surface area contributed by atoms with E-state index in [4.69, 9.17) is 16.3 Å². The lowest BCUT2D eigenvalue weighted by molar-refractivity contribution is -0.121. The van der Waals surface area contributed by atoms with Crippen molar-refractivity contribution in [3.8, 4) is 5.75 Å². The third kappa shape index (κ3) is 4.59. The summed E-state index contributed by atoms with van der Waals surface area (Å²) in [5.74, 6) is -0.195. The van der Waals surface area contributed by atoms with Gasteiger partial charge in [-0.15, -0.1) is 0 Å². The predicted octanol–water partition coefficient (Wildman–Crippen LogP) is 4.27. The van der Waals surface area contributed by atoms with Crippen molar-refractivity contribution in [1.29, 1.82) is 0 Å². The van der Waals surface area contributed by atoms with Gasteiger partial charge in [-0.3, -0.25) is 20.4 Å².